The summed E-state index contributed by atoms with van der Waals surface area (Å²) >= 11 is 4.09. The van der Waals surface area contributed by atoms with Crippen molar-refractivity contribution in [1.29, 1.82) is 5.26 Å². The van der Waals surface area contributed by atoms with Gasteiger partial charge < -0.3 is 0 Å². The number of aryl methyl sites for hydroxylation is 1. The van der Waals surface area contributed by atoms with E-state index in [0.717, 1.165) is 6.42 Å². The SMILES string of the molecule is CCc1cc(I)ccc1Sc1ccc(C#N)cc1. The molecule has 1 nitrogen and oxygen atoms in total. The molecule has 0 unspecified atom stereocenters. The van der Waals surface area contributed by atoms with E-state index < -0.39 is 0 Å². The van der Waals surface area contributed by atoms with Crippen molar-refractivity contribution in [2.75, 3.05) is 0 Å². The third-order valence-corrected chi connectivity index (χ3v) is 4.41. The molecule has 3 heteroatoms. The molecular formula is C15H12INS. The maximum absolute atomic E-state index is 8.77. The largest absolute Gasteiger partial charge is 0.192 e. The molecule has 0 spiro atoms. The normalized spacial score (nSPS) is 10.1. The summed E-state index contributed by atoms with van der Waals surface area (Å²) < 4.78 is 1.27. The molecule has 0 aromatic heterocycles. The number of nitrogens with zero attached hydrogens (tertiary/aromatic N) is 1. The molecule has 0 amide bonds. The summed E-state index contributed by atoms with van der Waals surface area (Å²) in [6, 6.07) is 16.4. The van der Waals surface area contributed by atoms with Gasteiger partial charge in [-0.15, -0.1) is 0 Å². The van der Waals surface area contributed by atoms with Crippen LogP contribution >= 0.6 is 34.4 Å². The first-order valence-electron chi connectivity index (χ1n) is 5.69. The van der Waals surface area contributed by atoms with Crippen LogP contribution in [0.5, 0.6) is 0 Å². The van der Waals surface area contributed by atoms with Gasteiger partial charge in [-0.2, -0.15) is 5.26 Å². The minimum Gasteiger partial charge on any atom is -0.192 e. The lowest BCUT2D eigenvalue weighted by Crippen LogP contribution is -1.86. The van der Waals surface area contributed by atoms with Crippen molar-refractivity contribution < 1.29 is 0 Å². The quantitative estimate of drug-likeness (QED) is 0.724. The zero-order chi connectivity index (χ0) is 13.0. The van der Waals surface area contributed by atoms with Crippen molar-refractivity contribution in [1.82, 2.24) is 0 Å². The van der Waals surface area contributed by atoms with Gasteiger partial charge in [0.2, 0.25) is 0 Å². The Morgan fingerprint density at radius 3 is 2.50 bits per heavy atom. The van der Waals surface area contributed by atoms with E-state index in [-0.39, 0.29) is 0 Å². The van der Waals surface area contributed by atoms with Crippen LogP contribution in [0.2, 0.25) is 0 Å². The molecule has 0 aliphatic carbocycles. The predicted octanol–water partition coefficient (Wildman–Crippen LogP) is 4.88. The van der Waals surface area contributed by atoms with Gasteiger partial charge in [-0.05, 0) is 77.0 Å². The first-order valence-corrected chi connectivity index (χ1v) is 7.59. The summed E-state index contributed by atoms with van der Waals surface area (Å²) in [5.41, 5.74) is 2.08. The maximum Gasteiger partial charge on any atom is 0.0991 e. The zero-order valence-corrected chi connectivity index (χ0v) is 13.0. The Balaban J connectivity index is 2.25. The lowest BCUT2D eigenvalue weighted by Gasteiger charge is -2.08. The van der Waals surface area contributed by atoms with Crippen LogP contribution < -0.4 is 0 Å². The van der Waals surface area contributed by atoms with Gasteiger partial charge in [0, 0.05) is 13.4 Å². The van der Waals surface area contributed by atoms with Crippen LogP contribution in [-0.4, -0.2) is 0 Å². The van der Waals surface area contributed by atoms with Gasteiger partial charge in [-0.1, -0.05) is 18.7 Å². The van der Waals surface area contributed by atoms with Gasteiger partial charge in [-0.3, -0.25) is 0 Å². The second-order valence-electron chi connectivity index (χ2n) is 3.84. The minimum absolute atomic E-state index is 0.706. The van der Waals surface area contributed by atoms with Gasteiger partial charge in [0.25, 0.3) is 0 Å². The Morgan fingerprint density at radius 1 is 1.17 bits per heavy atom. The smallest absolute Gasteiger partial charge is 0.0991 e. The standard InChI is InChI=1S/C15H12INS/c1-2-12-9-13(16)5-8-15(12)18-14-6-3-11(10-17)4-7-14/h3-9H,2H2,1H3. The summed E-state index contributed by atoms with van der Waals surface area (Å²) in [6.07, 6.45) is 1.04. The highest BCUT2D eigenvalue weighted by atomic mass is 127. The van der Waals surface area contributed by atoms with Gasteiger partial charge in [0.05, 0.1) is 11.6 Å². The van der Waals surface area contributed by atoms with Crippen molar-refractivity contribution in [3.8, 4) is 6.07 Å². The predicted molar refractivity (Wildman–Crippen MR) is 83.8 cm³/mol. The molecule has 0 saturated carbocycles. The fourth-order valence-corrected chi connectivity index (χ4v) is 3.20. The summed E-state index contributed by atoms with van der Waals surface area (Å²) in [5.74, 6) is 0. The number of hydrogen-bond donors (Lipinski definition) is 0. The fraction of sp³-hybridized carbons (Fsp3) is 0.133. The lowest BCUT2D eigenvalue weighted by atomic mass is 10.2. The van der Waals surface area contributed by atoms with Gasteiger partial charge in [0.1, 0.15) is 0 Å². The molecule has 90 valence electrons. The van der Waals surface area contributed by atoms with Crippen LogP contribution in [0.15, 0.2) is 52.3 Å². The van der Waals surface area contributed by atoms with E-state index in [1.54, 1.807) is 11.8 Å². The molecule has 0 bridgehead atoms. The van der Waals surface area contributed by atoms with Crippen LogP contribution in [0.3, 0.4) is 0 Å². The molecule has 0 atom stereocenters. The Morgan fingerprint density at radius 2 is 1.89 bits per heavy atom. The summed E-state index contributed by atoms with van der Waals surface area (Å²) in [6.45, 7) is 2.17. The number of nitriles is 1. The van der Waals surface area contributed by atoms with Gasteiger partial charge >= 0.3 is 0 Å². The van der Waals surface area contributed by atoms with Gasteiger partial charge in [-0.25, -0.2) is 0 Å². The molecule has 0 aliphatic heterocycles. The molecule has 0 aliphatic rings. The Hall–Kier alpha value is -0.990. The molecule has 2 rings (SSSR count). The summed E-state index contributed by atoms with van der Waals surface area (Å²) in [4.78, 5) is 2.47. The average Bonchev–Trinajstić information content (AvgIpc) is 2.41. The lowest BCUT2D eigenvalue weighted by molar-refractivity contribution is 1.08. The van der Waals surface area contributed by atoms with Gasteiger partial charge in [0.15, 0.2) is 0 Å². The van der Waals surface area contributed by atoms with Crippen molar-refractivity contribution in [2.24, 2.45) is 0 Å². The number of rotatable bonds is 3. The summed E-state index contributed by atoms with van der Waals surface area (Å²) in [5, 5.41) is 8.77. The van der Waals surface area contributed by atoms with Crippen LogP contribution in [0.4, 0.5) is 0 Å². The highest BCUT2D eigenvalue weighted by Gasteiger charge is 2.04. The van der Waals surface area contributed by atoms with Crippen LogP contribution in [0, 0.1) is 14.9 Å². The first-order chi connectivity index (χ1) is 8.72. The molecule has 0 N–H and O–H groups in total. The number of hydrogen-bond acceptors (Lipinski definition) is 2. The molecule has 18 heavy (non-hydrogen) atoms. The van der Waals surface area contributed by atoms with E-state index in [1.807, 2.05) is 24.3 Å². The number of halogens is 1. The van der Waals surface area contributed by atoms with E-state index in [0.29, 0.717) is 5.56 Å². The topological polar surface area (TPSA) is 23.8 Å². The van der Waals surface area contributed by atoms with Crippen molar-refractivity contribution in [2.45, 2.75) is 23.1 Å². The monoisotopic (exact) mass is 365 g/mol. The second-order valence-corrected chi connectivity index (χ2v) is 6.20. The summed E-state index contributed by atoms with van der Waals surface area (Å²) in [7, 11) is 0. The Kier molecular flexibility index (Phi) is 4.67. The van der Waals surface area contributed by atoms with E-state index in [1.165, 1.54) is 18.9 Å². The van der Waals surface area contributed by atoms with E-state index in [4.69, 9.17) is 5.26 Å². The van der Waals surface area contributed by atoms with E-state index in [2.05, 4.69) is 53.8 Å². The highest BCUT2D eigenvalue weighted by molar-refractivity contribution is 14.1. The average molecular weight is 365 g/mol. The highest BCUT2D eigenvalue weighted by Crippen LogP contribution is 2.31. The van der Waals surface area contributed by atoms with Crippen molar-refractivity contribution >= 4 is 34.4 Å². The third kappa shape index (κ3) is 3.27. The van der Waals surface area contributed by atoms with E-state index in [9.17, 15) is 0 Å². The molecule has 0 radical (unpaired) electrons. The molecular weight excluding hydrogens is 353 g/mol. The maximum atomic E-state index is 8.77. The fourth-order valence-electron chi connectivity index (χ4n) is 1.65. The molecule has 0 saturated heterocycles. The first kappa shape index (κ1) is 13.4. The molecule has 2 aromatic rings. The zero-order valence-electron chi connectivity index (χ0n) is 9.98. The molecule has 2 aromatic carbocycles. The molecule has 0 heterocycles. The second kappa shape index (κ2) is 6.26. The third-order valence-electron chi connectivity index (χ3n) is 2.61. The minimum atomic E-state index is 0.706. The van der Waals surface area contributed by atoms with Crippen LogP contribution in [0.1, 0.15) is 18.1 Å². The number of benzene rings is 2. The Bertz CT molecular complexity index is 584. The molecule has 0 fully saturated rings. The Labute approximate surface area is 125 Å². The van der Waals surface area contributed by atoms with Crippen LogP contribution in [-0.2, 0) is 6.42 Å². The van der Waals surface area contributed by atoms with Crippen molar-refractivity contribution in [3.05, 3.63) is 57.2 Å². The van der Waals surface area contributed by atoms with E-state index >= 15 is 0 Å². The van der Waals surface area contributed by atoms with Crippen molar-refractivity contribution in [3.63, 3.8) is 0 Å². The van der Waals surface area contributed by atoms with Crippen LogP contribution in [0.25, 0.3) is 0 Å².